The van der Waals surface area contributed by atoms with Crippen molar-refractivity contribution in [3.05, 3.63) is 42.0 Å². The van der Waals surface area contributed by atoms with Crippen LogP contribution < -0.4 is 10.5 Å². The van der Waals surface area contributed by atoms with Gasteiger partial charge < -0.3 is 10.5 Å². The Morgan fingerprint density at radius 3 is 2.62 bits per heavy atom. The average molecular weight is 309 g/mol. The lowest BCUT2D eigenvalue weighted by Gasteiger charge is -2.17. The highest BCUT2D eigenvalue weighted by Gasteiger charge is 2.16. The number of nitrogens with two attached hydrogens (primary N) is 1. The van der Waals surface area contributed by atoms with Gasteiger partial charge in [0.2, 0.25) is 0 Å². The number of benzene rings is 2. The maximum Gasteiger partial charge on any atom is 0.264 e. The molecule has 0 saturated heterocycles. The molecule has 0 fully saturated rings. The van der Waals surface area contributed by atoms with Gasteiger partial charge >= 0.3 is 0 Å². The smallest absolute Gasteiger partial charge is 0.264 e. The third-order valence-corrected chi connectivity index (χ3v) is 3.89. The maximum atomic E-state index is 11.2. The third-order valence-electron chi connectivity index (χ3n) is 3.33. The molecule has 2 N–H and O–H groups in total. The second-order valence-electron chi connectivity index (χ2n) is 4.86. The van der Waals surface area contributed by atoms with Gasteiger partial charge in [0, 0.05) is 12.5 Å². The highest BCUT2D eigenvalue weighted by Crippen LogP contribution is 2.29. The lowest BCUT2D eigenvalue weighted by molar-refractivity contribution is 0.297. The van der Waals surface area contributed by atoms with Crippen molar-refractivity contribution in [1.29, 1.82) is 0 Å². The summed E-state index contributed by atoms with van der Waals surface area (Å²) in [5.74, 6) is 0.547. The number of rotatable bonds is 6. The first-order chi connectivity index (χ1) is 9.94. The molecule has 114 valence electrons. The molecule has 2 aromatic rings. The molecule has 0 radical (unpaired) electrons. The van der Waals surface area contributed by atoms with Crippen molar-refractivity contribution in [3.63, 3.8) is 0 Å². The normalized spacial score (nSPS) is 13.3. The van der Waals surface area contributed by atoms with Crippen molar-refractivity contribution < 1.29 is 17.3 Å². The van der Waals surface area contributed by atoms with Gasteiger partial charge in [0.15, 0.2) is 0 Å². The third kappa shape index (κ3) is 3.93. The van der Waals surface area contributed by atoms with Gasteiger partial charge in [0.25, 0.3) is 10.1 Å². The molecule has 0 aliphatic carbocycles. The number of fused-ring (bicyclic) bond motifs is 1. The average Bonchev–Trinajstić information content (AvgIpc) is 2.46. The molecule has 2 aromatic carbocycles. The minimum Gasteiger partial charge on any atom is -0.497 e. The molecule has 6 heteroatoms. The van der Waals surface area contributed by atoms with E-state index in [1.807, 2.05) is 36.4 Å². The van der Waals surface area contributed by atoms with Crippen LogP contribution >= 0.6 is 0 Å². The molecule has 21 heavy (non-hydrogen) atoms. The lowest BCUT2D eigenvalue weighted by atomic mass is 9.94. The number of hydrogen-bond acceptors (Lipinski definition) is 5. The maximum absolute atomic E-state index is 11.2. The van der Waals surface area contributed by atoms with Gasteiger partial charge in [-0.1, -0.05) is 24.3 Å². The SMILES string of the molecule is COc1ccc2cccc(C(CN)COS(C)(=O)=O)c2c1. The minimum absolute atomic E-state index is 0.0334. The molecule has 0 heterocycles. The quantitative estimate of drug-likeness (QED) is 0.824. The highest BCUT2D eigenvalue weighted by atomic mass is 32.2. The Balaban J connectivity index is 2.42. The molecule has 0 aromatic heterocycles. The predicted octanol–water partition coefficient (Wildman–Crippen LogP) is 1.87. The van der Waals surface area contributed by atoms with Crippen molar-refractivity contribution in [2.75, 3.05) is 26.5 Å². The summed E-state index contributed by atoms with van der Waals surface area (Å²) in [6.07, 6.45) is 1.03. The van der Waals surface area contributed by atoms with Crippen molar-refractivity contribution in [1.82, 2.24) is 0 Å². The van der Waals surface area contributed by atoms with Crippen LogP contribution in [0.4, 0.5) is 0 Å². The van der Waals surface area contributed by atoms with E-state index in [0.29, 0.717) is 6.54 Å². The fraction of sp³-hybridized carbons (Fsp3) is 0.333. The summed E-state index contributed by atoms with van der Waals surface area (Å²) in [5.41, 5.74) is 6.75. The van der Waals surface area contributed by atoms with Crippen LogP contribution in [0.2, 0.25) is 0 Å². The van der Waals surface area contributed by atoms with Crippen molar-refractivity contribution in [2.45, 2.75) is 5.92 Å². The zero-order valence-corrected chi connectivity index (χ0v) is 12.9. The van der Waals surface area contributed by atoms with Gasteiger partial charge in [-0.15, -0.1) is 0 Å². The van der Waals surface area contributed by atoms with E-state index in [9.17, 15) is 8.42 Å². The first-order valence-electron chi connectivity index (χ1n) is 6.55. The van der Waals surface area contributed by atoms with Gasteiger partial charge in [0.05, 0.1) is 20.0 Å². The van der Waals surface area contributed by atoms with Gasteiger partial charge in [-0.2, -0.15) is 8.42 Å². The largest absolute Gasteiger partial charge is 0.497 e. The standard InChI is InChI=1S/C15H19NO4S/c1-19-13-7-6-11-4-3-5-14(15(11)8-13)12(9-16)10-20-21(2,17)18/h3-8,12H,9-10,16H2,1-2H3. The molecule has 2 rings (SSSR count). The van der Waals surface area contributed by atoms with Crippen LogP contribution in [0.5, 0.6) is 5.75 Å². The molecule has 1 unspecified atom stereocenters. The van der Waals surface area contributed by atoms with Gasteiger partial charge in [-0.25, -0.2) is 0 Å². The van der Waals surface area contributed by atoms with E-state index in [2.05, 4.69) is 0 Å². The van der Waals surface area contributed by atoms with Gasteiger partial charge in [0.1, 0.15) is 5.75 Å². The summed E-state index contributed by atoms with van der Waals surface area (Å²) in [6.45, 7) is 0.331. The molecule has 0 aliphatic heterocycles. The summed E-state index contributed by atoms with van der Waals surface area (Å²) < 4.78 is 32.5. The Labute approximate surface area is 124 Å². The molecule has 1 atom stereocenters. The topological polar surface area (TPSA) is 78.6 Å². The van der Waals surface area contributed by atoms with Crippen LogP contribution in [0.1, 0.15) is 11.5 Å². The molecule has 0 saturated carbocycles. The molecule has 0 amide bonds. The second-order valence-corrected chi connectivity index (χ2v) is 6.50. The van der Waals surface area contributed by atoms with Crippen LogP contribution in [0.15, 0.2) is 36.4 Å². The molecular formula is C15H19NO4S. The first-order valence-corrected chi connectivity index (χ1v) is 8.37. The fourth-order valence-electron chi connectivity index (χ4n) is 2.25. The summed E-state index contributed by atoms with van der Waals surface area (Å²) in [4.78, 5) is 0. The summed E-state index contributed by atoms with van der Waals surface area (Å²) in [6, 6.07) is 11.6. The van der Waals surface area contributed by atoms with Crippen LogP contribution in [0, 0.1) is 0 Å². The molecule has 0 aliphatic rings. The van der Waals surface area contributed by atoms with E-state index in [0.717, 1.165) is 28.3 Å². The number of hydrogen-bond donors (Lipinski definition) is 1. The van der Waals surface area contributed by atoms with Crippen LogP contribution in [0.3, 0.4) is 0 Å². The van der Waals surface area contributed by atoms with E-state index in [1.165, 1.54) is 0 Å². The van der Waals surface area contributed by atoms with Crippen LogP contribution in [0.25, 0.3) is 10.8 Å². The van der Waals surface area contributed by atoms with Crippen LogP contribution in [-0.2, 0) is 14.3 Å². The monoisotopic (exact) mass is 309 g/mol. The van der Waals surface area contributed by atoms with Gasteiger partial charge in [-0.3, -0.25) is 4.18 Å². The first kappa shape index (κ1) is 15.8. The molecule has 0 bridgehead atoms. The predicted molar refractivity (Wildman–Crippen MR) is 83.1 cm³/mol. The van der Waals surface area contributed by atoms with E-state index in [1.54, 1.807) is 7.11 Å². The Bertz CT molecular complexity index is 728. The Hall–Kier alpha value is -1.63. The zero-order chi connectivity index (χ0) is 15.5. The Morgan fingerprint density at radius 2 is 2.00 bits per heavy atom. The number of methoxy groups -OCH3 is 1. The Morgan fingerprint density at radius 1 is 1.24 bits per heavy atom. The van der Waals surface area contributed by atoms with E-state index >= 15 is 0 Å². The molecular weight excluding hydrogens is 290 g/mol. The molecule has 0 spiro atoms. The lowest BCUT2D eigenvalue weighted by Crippen LogP contribution is -2.20. The summed E-state index contributed by atoms with van der Waals surface area (Å²) in [7, 11) is -1.88. The van der Waals surface area contributed by atoms with Crippen molar-refractivity contribution in [3.8, 4) is 5.75 Å². The zero-order valence-electron chi connectivity index (χ0n) is 12.1. The van der Waals surface area contributed by atoms with Crippen LogP contribution in [-0.4, -0.2) is 34.9 Å². The number of ether oxygens (including phenoxy) is 1. The van der Waals surface area contributed by atoms with E-state index in [-0.39, 0.29) is 12.5 Å². The van der Waals surface area contributed by atoms with Gasteiger partial charge in [-0.05, 0) is 28.5 Å². The summed E-state index contributed by atoms with van der Waals surface area (Å²) >= 11 is 0. The van der Waals surface area contributed by atoms with Crippen molar-refractivity contribution in [2.24, 2.45) is 5.73 Å². The Kier molecular flexibility index (Phi) is 4.82. The van der Waals surface area contributed by atoms with Crippen molar-refractivity contribution >= 4 is 20.9 Å². The highest BCUT2D eigenvalue weighted by molar-refractivity contribution is 7.85. The fourth-order valence-corrected chi connectivity index (χ4v) is 2.66. The minimum atomic E-state index is -3.48. The van der Waals surface area contributed by atoms with E-state index in [4.69, 9.17) is 14.7 Å². The second kappa shape index (κ2) is 6.43. The van der Waals surface area contributed by atoms with E-state index < -0.39 is 10.1 Å². The summed E-state index contributed by atoms with van der Waals surface area (Å²) in [5, 5.41) is 2.04. The molecule has 5 nitrogen and oxygen atoms in total.